The van der Waals surface area contributed by atoms with Crippen molar-refractivity contribution in [3.63, 3.8) is 0 Å². The number of nitrogens with one attached hydrogen (secondary N) is 3. The number of nitrogens with zero attached hydrogens (tertiary/aromatic N) is 2. The molecule has 6 nitrogen and oxygen atoms in total. The van der Waals surface area contributed by atoms with Gasteiger partial charge in [0, 0.05) is 53.8 Å². The molecule has 0 amide bonds. The summed E-state index contributed by atoms with van der Waals surface area (Å²) >= 11 is 0. The van der Waals surface area contributed by atoms with E-state index in [2.05, 4.69) is 49.5 Å². The van der Waals surface area contributed by atoms with Crippen molar-refractivity contribution in [2.24, 2.45) is 0 Å². The summed E-state index contributed by atoms with van der Waals surface area (Å²) in [5.41, 5.74) is 6.20. The lowest BCUT2D eigenvalue weighted by molar-refractivity contribution is -0.120. The number of carbonyl (C=O) groups excluding carboxylic acids is 1. The highest BCUT2D eigenvalue weighted by molar-refractivity contribution is 5.94. The van der Waals surface area contributed by atoms with Crippen LogP contribution < -0.4 is 5.32 Å². The molecule has 3 N–H and O–H groups in total. The first-order valence-electron chi connectivity index (χ1n) is 9.84. The summed E-state index contributed by atoms with van der Waals surface area (Å²) in [7, 11) is 0. The molecule has 5 rings (SSSR count). The van der Waals surface area contributed by atoms with Crippen LogP contribution in [-0.4, -0.2) is 31.8 Å². The average molecular weight is 373 g/mol. The molecule has 6 heteroatoms. The van der Waals surface area contributed by atoms with Gasteiger partial charge >= 0.3 is 0 Å². The van der Waals surface area contributed by atoms with Crippen molar-refractivity contribution in [2.45, 2.75) is 45.2 Å². The topological polar surface area (TPSA) is 86.5 Å². The second-order valence-corrected chi connectivity index (χ2v) is 7.68. The van der Waals surface area contributed by atoms with Crippen LogP contribution in [0.15, 0.2) is 36.5 Å². The maximum Gasteiger partial charge on any atom is 0.178 e. The van der Waals surface area contributed by atoms with Crippen LogP contribution in [0.4, 0.5) is 0 Å². The Morgan fingerprint density at radius 1 is 1.14 bits per heavy atom. The van der Waals surface area contributed by atoms with Gasteiger partial charge in [-0.25, -0.2) is 9.97 Å². The maximum absolute atomic E-state index is 11.4. The van der Waals surface area contributed by atoms with Crippen LogP contribution in [-0.2, 0) is 11.3 Å². The number of ketones is 1. The SMILES string of the molecule is Cc1nc2nccc(-c3cc4ccc(CNC5CCC(=O)CC5)cc4[nH]3)c2[nH]1. The quantitative estimate of drug-likeness (QED) is 0.504. The molecule has 1 fully saturated rings. The third-order valence-corrected chi connectivity index (χ3v) is 5.63. The number of fused-ring (bicyclic) bond motifs is 2. The largest absolute Gasteiger partial charge is 0.354 e. The van der Waals surface area contributed by atoms with Crippen molar-refractivity contribution in [1.82, 2.24) is 25.3 Å². The fourth-order valence-corrected chi connectivity index (χ4v) is 4.09. The second-order valence-electron chi connectivity index (χ2n) is 7.68. The third kappa shape index (κ3) is 3.20. The molecule has 1 saturated carbocycles. The molecule has 0 saturated heterocycles. The molecule has 0 spiro atoms. The smallest absolute Gasteiger partial charge is 0.178 e. The summed E-state index contributed by atoms with van der Waals surface area (Å²) in [5, 5.41) is 4.78. The molecule has 0 bridgehead atoms. The van der Waals surface area contributed by atoms with E-state index in [0.717, 1.165) is 53.1 Å². The molecule has 142 valence electrons. The highest BCUT2D eigenvalue weighted by atomic mass is 16.1. The van der Waals surface area contributed by atoms with Gasteiger partial charge in [0.05, 0.1) is 5.52 Å². The van der Waals surface area contributed by atoms with Crippen LogP contribution >= 0.6 is 0 Å². The summed E-state index contributed by atoms with van der Waals surface area (Å²) in [6.45, 7) is 2.76. The lowest BCUT2D eigenvalue weighted by Crippen LogP contribution is -2.32. The van der Waals surface area contributed by atoms with Crippen molar-refractivity contribution in [2.75, 3.05) is 0 Å². The number of aryl methyl sites for hydroxylation is 1. The molecular weight excluding hydrogens is 350 g/mol. The molecule has 0 unspecified atom stereocenters. The van der Waals surface area contributed by atoms with E-state index in [1.165, 1.54) is 10.9 Å². The van der Waals surface area contributed by atoms with Crippen LogP contribution in [0.3, 0.4) is 0 Å². The third-order valence-electron chi connectivity index (χ3n) is 5.63. The number of imidazole rings is 1. The molecule has 1 aliphatic rings. The second kappa shape index (κ2) is 6.87. The first-order chi connectivity index (χ1) is 13.7. The van der Waals surface area contributed by atoms with Crippen LogP contribution in [0, 0.1) is 6.92 Å². The molecule has 1 aromatic carbocycles. The minimum absolute atomic E-state index is 0.399. The summed E-state index contributed by atoms with van der Waals surface area (Å²) in [6.07, 6.45) is 5.13. The zero-order chi connectivity index (χ0) is 19.1. The van der Waals surface area contributed by atoms with Crippen molar-refractivity contribution < 1.29 is 4.79 Å². The number of aromatic nitrogens is 4. The number of hydrogen-bond donors (Lipinski definition) is 3. The summed E-state index contributed by atoms with van der Waals surface area (Å²) in [4.78, 5) is 27.0. The van der Waals surface area contributed by atoms with Crippen LogP contribution in [0.25, 0.3) is 33.3 Å². The summed E-state index contributed by atoms with van der Waals surface area (Å²) in [5.74, 6) is 1.26. The van der Waals surface area contributed by atoms with E-state index in [1.54, 1.807) is 6.20 Å². The molecule has 0 radical (unpaired) electrons. The van der Waals surface area contributed by atoms with E-state index in [0.29, 0.717) is 24.7 Å². The molecule has 3 heterocycles. The number of pyridine rings is 1. The Balaban J connectivity index is 1.40. The predicted octanol–water partition coefficient (Wildman–Crippen LogP) is 4.02. The highest BCUT2D eigenvalue weighted by Crippen LogP contribution is 2.29. The number of benzene rings is 1. The van der Waals surface area contributed by atoms with Gasteiger partial charge in [0.2, 0.25) is 0 Å². The van der Waals surface area contributed by atoms with E-state index in [-0.39, 0.29) is 0 Å². The monoisotopic (exact) mass is 373 g/mol. The fraction of sp³-hybridized carbons (Fsp3) is 0.318. The normalized spacial score (nSPS) is 15.7. The van der Waals surface area contributed by atoms with Crippen molar-refractivity contribution in [3.05, 3.63) is 47.9 Å². The van der Waals surface area contributed by atoms with Gasteiger partial charge in [-0.2, -0.15) is 0 Å². The number of Topliss-reactive ketones (excluding diaryl/α,β-unsaturated/α-hetero) is 1. The van der Waals surface area contributed by atoms with E-state index in [1.807, 2.05) is 13.0 Å². The molecule has 28 heavy (non-hydrogen) atoms. The van der Waals surface area contributed by atoms with Crippen molar-refractivity contribution in [1.29, 1.82) is 0 Å². The molecule has 0 atom stereocenters. The van der Waals surface area contributed by atoms with Crippen LogP contribution in [0.2, 0.25) is 0 Å². The van der Waals surface area contributed by atoms with Gasteiger partial charge in [0.1, 0.15) is 11.6 Å². The van der Waals surface area contributed by atoms with Gasteiger partial charge in [0.15, 0.2) is 5.65 Å². The zero-order valence-corrected chi connectivity index (χ0v) is 15.9. The van der Waals surface area contributed by atoms with Crippen molar-refractivity contribution >= 4 is 27.9 Å². The number of H-pyrrole nitrogens is 2. The molecule has 1 aliphatic carbocycles. The minimum Gasteiger partial charge on any atom is -0.354 e. The van der Waals surface area contributed by atoms with Gasteiger partial charge in [0.25, 0.3) is 0 Å². The Bertz CT molecular complexity index is 1160. The molecule has 0 aliphatic heterocycles. The van der Waals surface area contributed by atoms with Gasteiger partial charge in [-0.05, 0) is 43.5 Å². The Morgan fingerprint density at radius 2 is 2.00 bits per heavy atom. The Morgan fingerprint density at radius 3 is 2.86 bits per heavy atom. The Kier molecular flexibility index (Phi) is 4.20. The number of rotatable bonds is 4. The first-order valence-corrected chi connectivity index (χ1v) is 9.84. The summed E-state index contributed by atoms with van der Waals surface area (Å²) in [6, 6.07) is 11.2. The van der Waals surface area contributed by atoms with Crippen molar-refractivity contribution in [3.8, 4) is 11.3 Å². The summed E-state index contributed by atoms with van der Waals surface area (Å²) < 4.78 is 0. The van der Waals surface area contributed by atoms with Gasteiger partial charge in [-0.3, -0.25) is 4.79 Å². The molecule has 4 aromatic rings. The number of carbonyl (C=O) groups is 1. The Hall–Kier alpha value is -2.99. The number of hydrogen-bond acceptors (Lipinski definition) is 4. The van der Waals surface area contributed by atoms with Crippen LogP contribution in [0.5, 0.6) is 0 Å². The first kappa shape index (κ1) is 17.1. The lowest BCUT2D eigenvalue weighted by atomic mass is 9.94. The average Bonchev–Trinajstić information content (AvgIpc) is 3.29. The maximum atomic E-state index is 11.4. The molecule has 3 aromatic heterocycles. The van der Waals surface area contributed by atoms with Gasteiger partial charge in [-0.15, -0.1) is 0 Å². The molecular formula is C22H23N5O. The Labute approximate surface area is 162 Å². The van der Waals surface area contributed by atoms with E-state index in [9.17, 15) is 4.79 Å². The lowest BCUT2D eigenvalue weighted by Gasteiger charge is -2.22. The fourth-order valence-electron chi connectivity index (χ4n) is 4.09. The predicted molar refractivity (Wildman–Crippen MR) is 110 cm³/mol. The minimum atomic E-state index is 0.399. The van der Waals surface area contributed by atoms with Gasteiger partial charge in [-0.1, -0.05) is 12.1 Å². The van der Waals surface area contributed by atoms with E-state index >= 15 is 0 Å². The zero-order valence-electron chi connectivity index (χ0n) is 15.9. The van der Waals surface area contributed by atoms with Gasteiger partial charge < -0.3 is 15.3 Å². The van der Waals surface area contributed by atoms with E-state index < -0.39 is 0 Å². The number of aromatic amines is 2. The standard InChI is InChI=1S/C22H23N5O/c1-13-25-21-18(8-9-23-22(21)26-13)20-11-15-3-2-14(10-19(15)27-20)12-24-16-4-6-17(28)7-5-16/h2-3,8-11,16,24,27H,4-7,12H2,1H3,(H,23,25,26). The van der Waals surface area contributed by atoms with E-state index in [4.69, 9.17) is 0 Å². The van der Waals surface area contributed by atoms with Crippen LogP contribution in [0.1, 0.15) is 37.1 Å². The highest BCUT2D eigenvalue weighted by Gasteiger charge is 2.18.